The number of ether oxygens (including phenoxy) is 2. The molecule has 0 aromatic heterocycles. The molecule has 0 aliphatic carbocycles. The second-order valence-corrected chi connectivity index (χ2v) is 8.34. The fraction of sp³-hybridized carbons (Fsp3) is 0.391. The molecule has 6 heteroatoms. The van der Waals surface area contributed by atoms with E-state index in [4.69, 9.17) is 14.3 Å². The number of amides is 1. The molecule has 0 N–H and O–H groups in total. The quantitative estimate of drug-likeness (QED) is 0.557. The number of likely N-dealkylation sites (tertiary alicyclic amines) is 1. The molecule has 29 heavy (non-hydrogen) atoms. The lowest BCUT2D eigenvalue weighted by Gasteiger charge is -2.30. The Morgan fingerprint density at radius 3 is 2.66 bits per heavy atom. The van der Waals surface area contributed by atoms with Crippen LogP contribution < -0.4 is 4.74 Å². The predicted molar refractivity (Wildman–Crippen MR) is 110 cm³/mol. The second kappa shape index (κ2) is 7.78. The van der Waals surface area contributed by atoms with Crippen LogP contribution in [0, 0.1) is 0 Å². The zero-order chi connectivity index (χ0) is 20.4. The lowest BCUT2D eigenvalue weighted by molar-refractivity contribution is 0.0181. The molecule has 2 aliphatic rings. The summed E-state index contributed by atoms with van der Waals surface area (Å²) in [5, 5.41) is 4.15. The van der Waals surface area contributed by atoms with Crippen molar-refractivity contribution in [1.82, 2.24) is 4.90 Å². The van der Waals surface area contributed by atoms with Gasteiger partial charge in [0, 0.05) is 12.0 Å². The number of oxime groups is 1. The van der Waals surface area contributed by atoms with Gasteiger partial charge in [-0.15, -0.1) is 0 Å². The minimum Gasteiger partial charge on any atom is -0.487 e. The minimum absolute atomic E-state index is 0.106. The fourth-order valence-corrected chi connectivity index (χ4v) is 3.80. The van der Waals surface area contributed by atoms with Crippen molar-refractivity contribution in [3.05, 3.63) is 65.7 Å². The van der Waals surface area contributed by atoms with Gasteiger partial charge in [0.1, 0.15) is 30.1 Å². The van der Waals surface area contributed by atoms with Crippen LogP contribution in [0.2, 0.25) is 0 Å². The molecule has 152 valence electrons. The molecule has 0 saturated carbocycles. The van der Waals surface area contributed by atoms with Crippen molar-refractivity contribution in [2.45, 2.75) is 57.6 Å². The summed E-state index contributed by atoms with van der Waals surface area (Å²) in [7, 11) is 0. The summed E-state index contributed by atoms with van der Waals surface area (Å²) in [6.45, 7) is 5.96. The van der Waals surface area contributed by atoms with Crippen LogP contribution in [0.1, 0.15) is 44.4 Å². The van der Waals surface area contributed by atoms with Gasteiger partial charge in [0.15, 0.2) is 0 Å². The molecule has 0 spiro atoms. The van der Waals surface area contributed by atoms with E-state index >= 15 is 0 Å². The van der Waals surface area contributed by atoms with Crippen molar-refractivity contribution < 1.29 is 19.1 Å². The van der Waals surface area contributed by atoms with E-state index in [2.05, 4.69) is 5.16 Å². The first-order chi connectivity index (χ1) is 13.9. The first-order valence-electron chi connectivity index (χ1n) is 9.89. The van der Waals surface area contributed by atoms with Crippen molar-refractivity contribution >= 4 is 12.3 Å². The number of carbonyl (C=O) groups is 1. The number of hydrogen-bond acceptors (Lipinski definition) is 5. The molecular formula is C23H26N2O4. The van der Waals surface area contributed by atoms with Gasteiger partial charge in [-0.2, -0.15) is 0 Å². The molecule has 1 amide bonds. The average Bonchev–Trinajstić information content (AvgIpc) is 2.97. The van der Waals surface area contributed by atoms with Crippen molar-refractivity contribution in [2.24, 2.45) is 5.16 Å². The highest BCUT2D eigenvalue weighted by Gasteiger charge is 2.50. The molecule has 2 bridgehead atoms. The summed E-state index contributed by atoms with van der Waals surface area (Å²) in [5.74, 6) is 0.809. The summed E-state index contributed by atoms with van der Waals surface area (Å²) in [6.07, 6.45) is 1.80. The van der Waals surface area contributed by atoms with E-state index in [1.54, 1.807) is 11.1 Å². The smallest absolute Gasteiger partial charge is 0.411 e. The van der Waals surface area contributed by atoms with Crippen LogP contribution in [0.25, 0.3) is 0 Å². The molecule has 2 aromatic carbocycles. The van der Waals surface area contributed by atoms with E-state index in [0.717, 1.165) is 16.9 Å². The largest absolute Gasteiger partial charge is 0.487 e. The van der Waals surface area contributed by atoms with Crippen LogP contribution >= 0.6 is 0 Å². The maximum absolute atomic E-state index is 13.0. The number of carbonyl (C=O) groups excluding carboxylic acids is 1. The Morgan fingerprint density at radius 2 is 1.90 bits per heavy atom. The number of fused-ring (bicyclic) bond motifs is 4. The topological polar surface area (TPSA) is 60.4 Å². The molecule has 0 radical (unpaired) electrons. The molecule has 2 aliphatic heterocycles. The van der Waals surface area contributed by atoms with E-state index in [1.165, 1.54) is 0 Å². The predicted octanol–water partition coefficient (Wildman–Crippen LogP) is 4.70. The number of hydrogen-bond donors (Lipinski definition) is 0. The summed E-state index contributed by atoms with van der Waals surface area (Å²) < 4.78 is 11.8. The van der Waals surface area contributed by atoms with Crippen LogP contribution in [-0.4, -0.2) is 35.0 Å². The Morgan fingerprint density at radius 1 is 1.17 bits per heavy atom. The van der Waals surface area contributed by atoms with Crippen LogP contribution in [-0.2, 0) is 16.2 Å². The molecule has 1 saturated heterocycles. The molecule has 2 heterocycles. The highest BCUT2D eigenvalue weighted by atomic mass is 16.6. The highest BCUT2D eigenvalue weighted by Crippen LogP contribution is 2.46. The fourth-order valence-electron chi connectivity index (χ4n) is 3.80. The summed E-state index contributed by atoms with van der Waals surface area (Å²) in [5.41, 5.74) is 1.44. The second-order valence-electron chi connectivity index (χ2n) is 8.34. The van der Waals surface area contributed by atoms with Crippen LogP contribution in [0.4, 0.5) is 4.79 Å². The number of para-hydroxylation sites is 1. The van der Waals surface area contributed by atoms with E-state index in [9.17, 15) is 4.79 Å². The highest BCUT2D eigenvalue weighted by molar-refractivity contribution is 5.78. The maximum Gasteiger partial charge on any atom is 0.411 e. The molecular weight excluding hydrogens is 368 g/mol. The molecule has 2 aromatic rings. The van der Waals surface area contributed by atoms with Gasteiger partial charge < -0.3 is 14.3 Å². The minimum atomic E-state index is -0.584. The van der Waals surface area contributed by atoms with Gasteiger partial charge in [-0.25, -0.2) is 4.79 Å². The van der Waals surface area contributed by atoms with Crippen LogP contribution in [0.3, 0.4) is 0 Å². The van der Waals surface area contributed by atoms with Gasteiger partial charge >= 0.3 is 6.09 Å². The van der Waals surface area contributed by atoms with Crippen molar-refractivity contribution in [1.29, 1.82) is 0 Å². The van der Waals surface area contributed by atoms with Crippen LogP contribution in [0.15, 0.2) is 59.8 Å². The Kier molecular flexibility index (Phi) is 5.18. The Hall–Kier alpha value is -3.02. The Bertz CT molecular complexity index is 891. The molecule has 1 unspecified atom stereocenters. The van der Waals surface area contributed by atoms with E-state index in [1.807, 2.05) is 75.4 Å². The molecule has 3 atom stereocenters. The van der Waals surface area contributed by atoms with Crippen molar-refractivity contribution in [3.63, 3.8) is 0 Å². The SMILES string of the molecule is CC(C)(C)OC(=O)N1C(/C=N/OCc2ccccc2)[C@@H]2C[C@H]1c1ccccc1O2. The summed E-state index contributed by atoms with van der Waals surface area (Å²) in [6, 6.07) is 17.2. The van der Waals surface area contributed by atoms with Gasteiger partial charge in [0.05, 0.1) is 12.3 Å². The zero-order valence-electron chi connectivity index (χ0n) is 16.9. The third kappa shape index (κ3) is 4.21. The van der Waals surface area contributed by atoms with Gasteiger partial charge in [0.25, 0.3) is 0 Å². The van der Waals surface area contributed by atoms with E-state index < -0.39 is 5.60 Å². The summed E-state index contributed by atoms with van der Waals surface area (Å²) in [4.78, 5) is 20.2. The van der Waals surface area contributed by atoms with Gasteiger partial charge in [-0.1, -0.05) is 53.7 Å². The maximum atomic E-state index is 13.0. The number of benzene rings is 2. The lowest BCUT2D eigenvalue weighted by Crippen LogP contribution is -2.44. The van der Waals surface area contributed by atoms with E-state index in [0.29, 0.717) is 13.0 Å². The van der Waals surface area contributed by atoms with Gasteiger partial charge in [-0.3, -0.25) is 4.90 Å². The summed E-state index contributed by atoms with van der Waals surface area (Å²) >= 11 is 0. The van der Waals surface area contributed by atoms with Gasteiger partial charge in [0.2, 0.25) is 0 Å². The van der Waals surface area contributed by atoms with Crippen molar-refractivity contribution in [2.75, 3.05) is 0 Å². The normalized spacial score (nSPS) is 22.9. The number of nitrogens with zero attached hydrogens (tertiary/aromatic N) is 2. The average molecular weight is 394 g/mol. The monoisotopic (exact) mass is 394 g/mol. The van der Waals surface area contributed by atoms with Crippen molar-refractivity contribution in [3.8, 4) is 5.75 Å². The lowest BCUT2D eigenvalue weighted by atomic mass is 10.00. The van der Waals surface area contributed by atoms with Gasteiger partial charge in [-0.05, 0) is 32.4 Å². The first-order valence-corrected chi connectivity index (χ1v) is 9.89. The van der Waals surface area contributed by atoms with E-state index in [-0.39, 0.29) is 24.3 Å². The zero-order valence-corrected chi connectivity index (χ0v) is 16.9. The standard InChI is InChI=1S/C23H26N2O4/c1-23(2,3)29-22(26)25-18-13-21(28-20-12-8-7-11-17(18)20)19(25)14-24-27-15-16-9-5-4-6-10-16/h4-12,14,18-19,21H,13,15H2,1-3H3/b24-14+/t18-,19?,21-/m0/s1. The third-order valence-electron chi connectivity index (χ3n) is 5.02. The third-order valence-corrected chi connectivity index (χ3v) is 5.02. The first kappa shape index (κ1) is 19.3. The molecule has 1 fully saturated rings. The molecule has 4 rings (SSSR count). The Balaban J connectivity index is 1.54. The Labute approximate surface area is 171 Å². The number of rotatable bonds is 4. The van der Waals surface area contributed by atoms with Crippen LogP contribution in [0.5, 0.6) is 5.75 Å². The molecule has 6 nitrogen and oxygen atoms in total.